The van der Waals surface area contributed by atoms with Gasteiger partial charge in [-0.15, -0.1) is 12.4 Å². The smallest absolute Gasteiger partial charge is 0.177 e. The normalized spacial score (nSPS) is 29.3. The number of hydrogen-bond donors (Lipinski definition) is 1. The Hall–Kier alpha value is -1.26. The zero-order valence-electron chi connectivity index (χ0n) is 13.4. The van der Waals surface area contributed by atoms with Crippen molar-refractivity contribution in [3.05, 3.63) is 23.8 Å². The third-order valence-corrected chi connectivity index (χ3v) is 5.51. The van der Waals surface area contributed by atoms with Crippen molar-refractivity contribution in [2.24, 2.45) is 5.92 Å². The minimum absolute atomic E-state index is 0. The van der Waals surface area contributed by atoms with Gasteiger partial charge in [-0.25, -0.2) is 0 Å². The summed E-state index contributed by atoms with van der Waals surface area (Å²) in [5.74, 6) is 1.64. The number of aromatic nitrogens is 1. The second kappa shape index (κ2) is 5.43. The molecule has 0 amide bonds. The third kappa shape index (κ3) is 2.29. The molecule has 4 heterocycles. The van der Waals surface area contributed by atoms with Gasteiger partial charge in [0.15, 0.2) is 11.4 Å². The van der Waals surface area contributed by atoms with Crippen LogP contribution in [0.15, 0.2) is 22.7 Å². The van der Waals surface area contributed by atoms with Crippen molar-refractivity contribution < 1.29 is 4.52 Å². The fraction of sp³-hybridized carbons (Fsp3) is 0.588. The summed E-state index contributed by atoms with van der Waals surface area (Å²) in [4.78, 5) is 2.61. The Balaban J connectivity index is 0.00000144. The zero-order valence-corrected chi connectivity index (χ0v) is 14.2. The van der Waals surface area contributed by atoms with Crippen LogP contribution in [0.2, 0.25) is 0 Å². The van der Waals surface area contributed by atoms with Gasteiger partial charge in [-0.1, -0.05) is 11.2 Å². The van der Waals surface area contributed by atoms with Gasteiger partial charge in [0.1, 0.15) is 0 Å². The van der Waals surface area contributed by atoms with Gasteiger partial charge < -0.3 is 9.84 Å². The molecule has 0 aliphatic carbocycles. The summed E-state index contributed by atoms with van der Waals surface area (Å²) in [6.07, 6.45) is 2.58. The van der Waals surface area contributed by atoms with Crippen LogP contribution in [0.5, 0.6) is 0 Å². The van der Waals surface area contributed by atoms with Gasteiger partial charge in [0, 0.05) is 11.6 Å². The molecule has 5 heteroatoms. The van der Waals surface area contributed by atoms with E-state index in [0.717, 1.165) is 22.7 Å². The van der Waals surface area contributed by atoms with Crippen molar-refractivity contribution in [1.29, 1.82) is 0 Å². The number of aryl methyl sites for hydroxylation is 1. The molecule has 2 bridgehead atoms. The van der Waals surface area contributed by atoms with E-state index >= 15 is 0 Å². The molecule has 3 saturated heterocycles. The Kier molecular flexibility index (Phi) is 3.86. The number of nitrogens with one attached hydrogen (secondary N) is 1. The average molecular weight is 322 g/mol. The molecule has 1 aromatic carbocycles. The number of fused-ring (bicyclic) bond motifs is 4. The summed E-state index contributed by atoms with van der Waals surface area (Å²) >= 11 is 0. The maximum Gasteiger partial charge on any atom is 0.177 e. The summed E-state index contributed by atoms with van der Waals surface area (Å²) in [5, 5.41) is 9.06. The van der Waals surface area contributed by atoms with Gasteiger partial charge in [0.25, 0.3) is 0 Å². The SMILES string of the molecule is Cc1ccc2c(N[C@@H]3C4CCN(CC4)C3(C)C)noc2c1.Cl. The van der Waals surface area contributed by atoms with Crippen molar-refractivity contribution in [1.82, 2.24) is 10.1 Å². The first-order valence-electron chi connectivity index (χ1n) is 7.93. The first kappa shape index (κ1) is 15.6. The Morgan fingerprint density at radius 1 is 1.27 bits per heavy atom. The Morgan fingerprint density at radius 2 is 2.00 bits per heavy atom. The van der Waals surface area contributed by atoms with Crippen molar-refractivity contribution in [3.63, 3.8) is 0 Å². The fourth-order valence-electron chi connectivity index (χ4n) is 4.17. The van der Waals surface area contributed by atoms with Crippen LogP contribution in [0.3, 0.4) is 0 Å². The number of nitrogens with zero attached hydrogens (tertiary/aromatic N) is 2. The van der Waals surface area contributed by atoms with Crippen molar-refractivity contribution in [2.75, 3.05) is 18.4 Å². The van der Waals surface area contributed by atoms with Gasteiger partial charge in [-0.3, -0.25) is 4.90 Å². The Bertz CT molecular complexity index is 674. The number of piperidine rings is 3. The standard InChI is InChI=1S/C17H23N3O.ClH/c1-11-4-5-13-14(10-11)21-19-16(13)18-15-12-6-8-20(9-7-12)17(15,2)3;/h4-5,10,12,15H,6-9H2,1-3H3,(H,18,19);1H/t15-;/m1./s1. The van der Waals surface area contributed by atoms with Crippen molar-refractivity contribution in [3.8, 4) is 0 Å². The minimum atomic E-state index is 0. The molecule has 2 aromatic rings. The van der Waals surface area contributed by atoms with Gasteiger partial charge in [-0.05, 0) is 70.3 Å². The quantitative estimate of drug-likeness (QED) is 0.912. The van der Waals surface area contributed by atoms with Gasteiger partial charge in [0.2, 0.25) is 0 Å². The molecule has 22 heavy (non-hydrogen) atoms. The van der Waals surface area contributed by atoms with Crippen LogP contribution in [0, 0.1) is 12.8 Å². The molecule has 0 saturated carbocycles. The summed E-state index contributed by atoms with van der Waals surface area (Å²) in [6.45, 7) is 9.24. The molecule has 0 unspecified atom stereocenters. The van der Waals surface area contributed by atoms with E-state index in [-0.39, 0.29) is 17.9 Å². The first-order chi connectivity index (χ1) is 10.1. The number of rotatable bonds is 2. The van der Waals surface area contributed by atoms with E-state index in [1.54, 1.807) is 0 Å². The van der Waals surface area contributed by atoms with E-state index in [1.807, 2.05) is 0 Å². The number of benzene rings is 1. The van der Waals surface area contributed by atoms with Crippen LogP contribution in [0.1, 0.15) is 32.3 Å². The second-order valence-electron chi connectivity index (χ2n) is 7.13. The van der Waals surface area contributed by atoms with Crippen LogP contribution in [-0.2, 0) is 0 Å². The number of hydrogen-bond acceptors (Lipinski definition) is 4. The van der Waals surface area contributed by atoms with Crippen molar-refractivity contribution >= 4 is 29.2 Å². The zero-order chi connectivity index (χ0) is 14.6. The maximum absolute atomic E-state index is 5.49. The predicted octanol–water partition coefficient (Wildman–Crippen LogP) is 3.84. The number of halogens is 1. The highest BCUT2D eigenvalue weighted by molar-refractivity contribution is 5.88. The van der Waals surface area contributed by atoms with E-state index < -0.39 is 0 Å². The van der Waals surface area contributed by atoms with E-state index in [2.05, 4.69) is 54.3 Å². The second-order valence-corrected chi connectivity index (χ2v) is 7.13. The molecule has 3 aliphatic rings. The van der Waals surface area contributed by atoms with E-state index in [1.165, 1.54) is 31.5 Å². The van der Waals surface area contributed by atoms with Crippen LogP contribution in [0.25, 0.3) is 11.0 Å². The molecule has 5 rings (SSSR count). The van der Waals surface area contributed by atoms with Crippen LogP contribution >= 0.6 is 12.4 Å². The largest absolute Gasteiger partial charge is 0.362 e. The van der Waals surface area contributed by atoms with Crippen LogP contribution in [-0.4, -0.2) is 34.7 Å². The molecule has 0 radical (unpaired) electrons. The van der Waals surface area contributed by atoms with Gasteiger partial charge in [0.05, 0.1) is 5.39 Å². The molecular formula is C17H24ClN3O. The lowest BCUT2D eigenvalue weighted by Gasteiger charge is -2.56. The molecule has 3 fully saturated rings. The third-order valence-electron chi connectivity index (χ3n) is 5.51. The molecule has 120 valence electrons. The lowest BCUT2D eigenvalue weighted by atomic mass is 9.72. The summed E-state index contributed by atoms with van der Waals surface area (Å²) in [6, 6.07) is 6.72. The van der Waals surface area contributed by atoms with Gasteiger partial charge in [-0.2, -0.15) is 0 Å². The predicted molar refractivity (Wildman–Crippen MR) is 91.8 cm³/mol. The van der Waals surface area contributed by atoms with E-state index in [4.69, 9.17) is 4.52 Å². The topological polar surface area (TPSA) is 41.3 Å². The summed E-state index contributed by atoms with van der Waals surface area (Å²) in [7, 11) is 0. The molecule has 4 nitrogen and oxygen atoms in total. The monoisotopic (exact) mass is 321 g/mol. The van der Waals surface area contributed by atoms with Gasteiger partial charge >= 0.3 is 0 Å². The molecule has 0 spiro atoms. The summed E-state index contributed by atoms with van der Waals surface area (Å²) < 4.78 is 5.49. The number of anilines is 1. The minimum Gasteiger partial charge on any atom is -0.362 e. The molecular weight excluding hydrogens is 298 g/mol. The maximum atomic E-state index is 5.49. The highest BCUT2D eigenvalue weighted by Crippen LogP contribution is 2.41. The molecule has 1 atom stereocenters. The Labute approximate surface area is 137 Å². The van der Waals surface area contributed by atoms with Crippen molar-refractivity contribution in [2.45, 2.75) is 45.2 Å². The lowest BCUT2D eigenvalue weighted by Crippen LogP contribution is -2.66. The summed E-state index contributed by atoms with van der Waals surface area (Å²) in [5.41, 5.74) is 2.25. The fourth-order valence-corrected chi connectivity index (χ4v) is 4.17. The Morgan fingerprint density at radius 3 is 2.68 bits per heavy atom. The molecule has 3 aliphatic heterocycles. The van der Waals surface area contributed by atoms with Crippen LogP contribution in [0.4, 0.5) is 5.82 Å². The highest BCUT2D eigenvalue weighted by atomic mass is 35.5. The highest BCUT2D eigenvalue weighted by Gasteiger charge is 2.47. The average Bonchev–Trinajstić information content (AvgIpc) is 2.85. The lowest BCUT2D eigenvalue weighted by molar-refractivity contribution is -0.0189. The van der Waals surface area contributed by atoms with Crippen LogP contribution < -0.4 is 5.32 Å². The molecule has 1 aromatic heterocycles. The van der Waals surface area contributed by atoms with E-state index in [0.29, 0.717) is 6.04 Å². The first-order valence-corrected chi connectivity index (χ1v) is 7.93. The van der Waals surface area contributed by atoms with E-state index in [9.17, 15) is 0 Å². The molecule has 1 N–H and O–H groups in total.